The fourth-order valence-corrected chi connectivity index (χ4v) is 4.95. The number of nitrogens with zero attached hydrogens (tertiary/aromatic N) is 2. The van der Waals surface area contributed by atoms with E-state index in [-0.39, 0.29) is 12.3 Å². The van der Waals surface area contributed by atoms with Gasteiger partial charge in [-0.05, 0) is 35.9 Å². The molecular weight excluding hydrogens is 388 g/mol. The molecule has 28 heavy (non-hydrogen) atoms. The van der Waals surface area contributed by atoms with Crippen LogP contribution in [0.15, 0.2) is 70.0 Å². The van der Waals surface area contributed by atoms with Crippen molar-refractivity contribution in [3.63, 3.8) is 0 Å². The first kappa shape index (κ1) is 17.6. The third kappa shape index (κ3) is 2.88. The standard InChI is InChI=1S/C22H20N2O2S2/c1-25-19-6-3-5-16-18-13-17(20-7-4-12-28-20)23-24(18)22(26-21(16)19)14-8-10-15(27-2)11-9-14/h3-12,18,22H,13H2,1-2H3/t18-,22+/m0/s1. The molecule has 0 bridgehead atoms. The molecule has 0 fully saturated rings. The van der Waals surface area contributed by atoms with Gasteiger partial charge in [-0.3, -0.25) is 0 Å². The average molecular weight is 409 g/mol. The number of rotatable bonds is 4. The molecule has 5 rings (SSSR count). The Morgan fingerprint density at radius 1 is 1.14 bits per heavy atom. The topological polar surface area (TPSA) is 34.1 Å². The van der Waals surface area contributed by atoms with Crippen LogP contribution in [0, 0.1) is 0 Å². The summed E-state index contributed by atoms with van der Waals surface area (Å²) in [7, 11) is 1.69. The van der Waals surface area contributed by atoms with Gasteiger partial charge in [0.15, 0.2) is 11.5 Å². The van der Waals surface area contributed by atoms with Crippen molar-refractivity contribution >= 4 is 28.8 Å². The third-order valence-corrected chi connectivity index (χ3v) is 6.87. The van der Waals surface area contributed by atoms with Gasteiger partial charge in [0.25, 0.3) is 0 Å². The van der Waals surface area contributed by atoms with Crippen LogP contribution in [-0.2, 0) is 0 Å². The predicted octanol–water partition coefficient (Wildman–Crippen LogP) is 5.72. The first-order chi connectivity index (χ1) is 13.8. The van der Waals surface area contributed by atoms with Crippen molar-refractivity contribution in [1.82, 2.24) is 5.01 Å². The molecule has 2 aliphatic heterocycles. The van der Waals surface area contributed by atoms with Gasteiger partial charge in [-0.15, -0.1) is 23.1 Å². The zero-order chi connectivity index (χ0) is 19.1. The van der Waals surface area contributed by atoms with Gasteiger partial charge in [-0.1, -0.05) is 30.3 Å². The summed E-state index contributed by atoms with van der Waals surface area (Å²) in [4.78, 5) is 2.45. The van der Waals surface area contributed by atoms with Crippen LogP contribution in [0.1, 0.15) is 34.7 Å². The fourth-order valence-electron chi connectivity index (χ4n) is 3.82. The minimum Gasteiger partial charge on any atom is -0.493 e. The number of hydrogen-bond donors (Lipinski definition) is 0. The van der Waals surface area contributed by atoms with Crippen LogP contribution in [0.5, 0.6) is 11.5 Å². The van der Waals surface area contributed by atoms with Gasteiger partial charge in [-0.2, -0.15) is 5.10 Å². The molecule has 3 heterocycles. The summed E-state index contributed by atoms with van der Waals surface area (Å²) in [6.07, 6.45) is 2.67. The Labute approximate surface area is 172 Å². The second kappa shape index (κ2) is 7.18. The van der Waals surface area contributed by atoms with E-state index in [0.29, 0.717) is 0 Å². The zero-order valence-corrected chi connectivity index (χ0v) is 17.3. The quantitative estimate of drug-likeness (QED) is 0.517. The largest absolute Gasteiger partial charge is 0.493 e. The Hall–Kier alpha value is -2.44. The van der Waals surface area contributed by atoms with Gasteiger partial charge in [0.2, 0.25) is 6.23 Å². The highest BCUT2D eigenvalue weighted by Gasteiger charge is 2.42. The summed E-state index contributed by atoms with van der Waals surface area (Å²) < 4.78 is 12.1. The summed E-state index contributed by atoms with van der Waals surface area (Å²) >= 11 is 3.47. The van der Waals surface area contributed by atoms with E-state index in [1.165, 1.54) is 9.77 Å². The normalized spacial score (nSPS) is 20.2. The van der Waals surface area contributed by atoms with Crippen LogP contribution in [0.3, 0.4) is 0 Å². The number of hydrazone groups is 1. The summed E-state index contributed by atoms with van der Waals surface area (Å²) in [5.74, 6) is 1.60. The van der Waals surface area contributed by atoms with Crippen molar-refractivity contribution < 1.29 is 9.47 Å². The van der Waals surface area contributed by atoms with E-state index >= 15 is 0 Å². The van der Waals surface area contributed by atoms with Gasteiger partial charge >= 0.3 is 0 Å². The molecule has 4 nitrogen and oxygen atoms in total. The van der Waals surface area contributed by atoms with Crippen molar-refractivity contribution in [2.24, 2.45) is 5.10 Å². The van der Waals surface area contributed by atoms with Crippen LogP contribution in [-0.4, -0.2) is 24.1 Å². The molecule has 3 aromatic rings. The lowest BCUT2D eigenvalue weighted by Crippen LogP contribution is -2.33. The zero-order valence-electron chi connectivity index (χ0n) is 15.7. The highest BCUT2D eigenvalue weighted by Crippen LogP contribution is 2.50. The number of thioether (sulfide) groups is 1. The van der Waals surface area contributed by atoms with E-state index < -0.39 is 0 Å². The maximum Gasteiger partial charge on any atom is 0.214 e. The Balaban J connectivity index is 1.61. The molecule has 2 aromatic carbocycles. The van der Waals surface area contributed by atoms with Crippen LogP contribution < -0.4 is 9.47 Å². The molecular formula is C22H20N2O2S2. The minimum absolute atomic E-state index is 0.140. The summed E-state index contributed by atoms with van der Waals surface area (Å²) in [6.45, 7) is 0. The molecule has 0 N–H and O–H groups in total. The van der Waals surface area contributed by atoms with E-state index in [0.717, 1.165) is 34.8 Å². The molecule has 0 amide bonds. The predicted molar refractivity (Wildman–Crippen MR) is 115 cm³/mol. The molecule has 2 atom stereocenters. The Morgan fingerprint density at radius 2 is 2.00 bits per heavy atom. The van der Waals surface area contributed by atoms with Crippen LogP contribution in [0.2, 0.25) is 0 Å². The monoisotopic (exact) mass is 408 g/mol. The van der Waals surface area contributed by atoms with Crippen LogP contribution in [0.25, 0.3) is 0 Å². The molecule has 0 spiro atoms. The second-order valence-electron chi connectivity index (χ2n) is 6.75. The van der Waals surface area contributed by atoms with E-state index in [2.05, 4.69) is 59.1 Å². The van der Waals surface area contributed by atoms with Gasteiger partial charge < -0.3 is 9.47 Å². The first-order valence-electron chi connectivity index (χ1n) is 9.15. The highest BCUT2D eigenvalue weighted by molar-refractivity contribution is 7.98. The minimum atomic E-state index is -0.276. The Morgan fingerprint density at radius 3 is 2.71 bits per heavy atom. The number of benzene rings is 2. The fraction of sp³-hybridized carbons (Fsp3) is 0.227. The molecule has 0 saturated carbocycles. The van der Waals surface area contributed by atoms with Crippen molar-refractivity contribution in [3.8, 4) is 11.5 Å². The molecule has 2 aliphatic rings. The highest BCUT2D eigenvalue weighted by atomic mass is 32.2. The number of thiophene rings is 1. The number of methoxy groups -OCH3 is 1. The van der Waals surface area contributed by atoms with Gasteiger partial charge in [-0.25, -0.2) is 5.01 Å². The van der Waals surface area contributed by atoms with E-state index in [4.69, 9.17) is 14.6 Å². The molecule has 0 saturated heterocycles. The molecule has 142 valence electrons. The average Bonchev–Trinajstić information content (AvgIpc) is 3.42. The van der Waals surface area contributed by atoms with Crippen LogP contribution in [0.4, 0.5) is 0 Å². The van der Waals surface area contributed by atoms with E-state index in [1.54, 1.807) is 30.2 Å². The Bertz CT molecular complexity index is 1020. The molecule has 0 unspecified atom stereocenters. The molecule has 0 radical (unpaired) electrons. The lowest BCUT2D eigenvalue weighted by atomic mass is 9.97. The maximum atomic E-state index is 6.48. The van der Waals surface area contributed by atoms with Gasteiger partial charge in [0, 0.05) is 22.4 Å². The van der Waals surface area contributed by atoms with Crippen molar-refractivity contribution in [2.75, 3.05) is 13.4 Å². The number of ether oxygens (including phenoxy) is 2. The summed E-state index contributed by atoms with van der Waals surface area (Å²) in [5.41, 5.74) is 3.34. The van der Waals surface area contributed by atoms with Gasteiger partial charge in [0.05, 0.1) is 23.7 Å². The molecule has 1 aromatic heterocycles. The first-order valence-corrected chi connectivity index (χ1v) is 11.3. The lowest BCUT2D eigenvalue weighted by molar-refractivity contribution is -0.0209. The smallest absolute Gasteiger partial charge is 0.214 e. The maximum absolute atomic E-state index is 6.48. The summed E-state index contributed by atoms with van der Waals surface area (Å²) in [6, 6.07) is 19.0. The van der Waals surface area contributed by atoms with E-state index in [1.807, 2.05) is 12.1 Å². The lowest BCUT2D eigenvalue weighted by Gasteiger charge is -2.38. The SMILES string of the molecule is COc1cccc2c1O[C@H](c1ccc(SC)cc1)N1N=C(c3cccs3)C[C@@H]21. The number of para-hydroxylation sites is 1. The van der Waals surface area contributed by atoms with E-state index in [9.17, 15) is 0 Å². The van der Waals surface area contributed by atoms with Crippen molar-refractivity contribution in [1.29, 1.82) is 0 Å². The molecule has 0 aliphatic carbocycles. The third-order valence-electron chi connectivity index (χ3n) is 5.21. The van der Waals surface area contributed by atoms with Crippen molar-refractivity contribution in [3.05, 3.63) is 76.0 Å². The van der Waals surface area contributed by atoms with Gasteiger partial charge in [0.1, 0.15) is 0 Å². The Kier molecular flexibility index (Phi) is 4.53. The molecule has 6 heteroatoms. The van der Waals surface area contributed by atoms with Crippen molar-refractivity contribution in [2.45, 2.75) is 23.6 Å². The number of fused-ring (bicyclic) bond motifs is 3. The van der Waals surface area contributed by atoms with Crippen LogP contribution >= 0.6 is 23.1 Å². The number of hydrogen-bond acceptors (Lipinski definition) is 6. The summed E-state index contributed by atoms with van der Waals surface area (Å²) in [5, 5.41) is 9.21. The second-order valence-corrected chi connectivity index (χ2v) is 8.57.